The van der Waals surface area contributed by atoms with E-state index in [1.165, 1.54) is 11.4 Å². The predicted octanol–water partition coefficient (Wildman–Crippen LogP) is 0.515. The van der Waals surface area contributed by atoms with Crippen LogP contribution in [0.4, 0.5) is 4.79 Å². The van der Waals surface area contributed by atoms with E-state index in [0.29, 0.717) is 32.0 Å². The third-order valence-corrected chi connectivity index (χ3v) is 6.68. The Morgan fingerprint density at radius 3 is 2.36 bits per heavy atom. The number of amides is 2. The zero-order valence-corrected chi connectivity index (χ0v) is 17.0. The Balaban J connectivity index is 1.60. The van der Waals surface area contributed by atoms with Crippen LogP contribution >= 0.6 is 0 Å². The Labute approximate surface area is 165 Å². The number of nitrogens with zero attached hydrogens (tertiary/aromatic N) is 2. The maximum Gasteiger partial charge on any atom is 0.317 e. The molecule has 156 valence electrons. The lowest BCUT2D eigenvalue weighted by atomic mass is 10.1. The third kappa shape index (κ3) is 4.75. The largest absolute Gasteiger partial charge is 0.497 e. The summed E-state index contributed by atoms with van der Waals surface area (Å²) in [5, 5.41) is 2.86. The monoisotopic (exact) mass is 413 g/mol. The lowest BCUT2D eigenvalue weighted by Gasteiger charge is -2.45. The number of rotatable bonds is 7. The molecular formula is C18H27N3O6S. The summed E-state index contributed by atoms with van der Waals surface area (Å²) in [7, 11) is -0.467. The van der Waals surface area contributed by atoms with Crippen molar-refractivity contribution in [3.8, 4) is 5.75 Å². The highest BCUT2D eigenvalue weighted by molar-refractivity contribution is 7.89. The SMILES string of the molecule is COCCCNC(=O)N1C[C@@H]2CN(S(=O)(=O)c3ccc(OC)cc3)C[C@H](C1)O2. The Morgan fingerprint density at radius 1 is 1.14 bits per heavy atom. The van der Waals surface area contributed by atoms with Crippen molar-refractivity contribution in [3.63, 3.8) is 0 Å². The zero-order chi connectivity index (χ0) is 20.1. The van der Waals surface area contributed by atoms with E-state index >= 15 is 0 Å². The van der Waals surface area contributed by atoms with Gasteiger partial charge in [0.1, 0.15) is 5.75 Å². The molecule has 2 fully saturated rings. The van der Waals surface area contributed by atoms with Crippen LogP contribution < -0.4 is 10.1 Å². The first kappa shape index (κ1) is 20.8. The van der Waals surface area contributed by atoms with E-state index < -0.39 is 10.0 Å². The van der Waals surface area contributed by atoms with Crippen molar-refractivity contribution in [1.82, 2.24) is 14.5 Å². The number of morpholine rings is 2. The summed E-state index contributed by atoms with van der Waals surface area (Å²) in [6.45, 7) is 2.29. The number of methoxy groups -OCH3 is 2. The number of fused-ring (bicyclic) bond motifs is 2. The van der Waals surface area contributed by atoms with Crippen molar-refractivity contribution in [3.05, 3.63) is 24.3 Å². The maximum absolute atomic E-state index is 13.0. The van der Waals surface area contributed by atoms with Crippen molar-refractivity contribution in [1.29, 1.82) is 0 Å². The van der Waals surface area contributed by atoms with Gasteiger partial charge in [0, 0.05) is 33.4 Å². The van der Waals surface area contributed by atoms with Gasteiger partial charge in [0.15, 0.2) is 0 Å². The van der Waals surface area contributed by atoms with Crippen LogP contribution in [0.2, 0.25) is 0 Å². The third-order valence-electron chi connectivity index (χ3n) is 4.83. The van der Waals surface area contributed by atoms with Crippen LogP contribution in [-0.2, 0) is 19.5 Å². The quantitative estimate of drug-likeness (QED) is 0.655. The number of carbonyl (C=O) groups is 1. The van der Waals surface area contributed by atoms with Crippen LogP contribution in [0.5, 0.6) is 5.75 Å². The molecular weight excluding hydrogens is 386 g/mol. The minimum absolute atomic E-state index is 0.152. The second-order valence-corrected chi connectivity index (χ2v) is 8.80. The van der Waals surface area contributed by atoms with E-state index in [0.717, 1.165) is 6.42 Å². The Hall–Kier alpha value is -1.88. The van der Waals surface area contributed by atoms with Crippen molar-refractivity contribution in [2.75, 3.05) is 53.6 Å². The van der Waals surface area contributed by atoms with Gasteiger partial charge in [-0.25, -0.2) is 13.2 Å². The lowest BCUT2D eigenvalue weighted by molar-refractivity contribution is -0.111. The van der Waals surface area contributed by atoms with E-state index in [9.17, 15) is 13.2 Å². The van der Waals surface area contributed by atoms with Crippen molar-refractivity contribution < 1.29 is 27.4 Å². The number of hydrogen-bond donors (Lipinski definition) is 1. The minimum atomic E-state index is -3.62. The number of carbonyl (C=O) groups excluding carboxylic acids is 1. The number of sulfonamides is 1. The Kier molecular flexibility index (Phi) is 6.76. The number of nitrogens with one attached hydrogen (secondary N) is 1. The van der Waals surface area contributed by atoms with Gasteiger partial charge in [-0.3, -0.25) is 0 Å². The average molecular weight is 413 g/mol. The summed E-state index contributed by atoms with van der Waals surface area (Å²) in [5.41, 5.74) is 0. The van der Waals surface area contributed by atoms with Crippen LogP contribution in [-0.4, -0.2) is 89.4 Å². The van der Waals surface area contributed by atoms with Crippen molar-refractivity contribution >= 4 is 16.1 Å². The van der Waals surface area contributed by atoms with Crippen LogP contribution in [0.15, 0.2) is 29.2 Å². The number of benzene rings is 1. The molecule has 9 nitrogen and oxygen atoms in total. The molecule has 3 rings (SSSR count). The molecule has 10 heteroatoms. The van der Waals surface area contributed by atoms with Gasteiger partial charge in [0.2, 0.25) is 10.0 Å². The first-order valence-electron chi connectivity index (χ1n) is 9.25. The molecule has 0 unspecified atom stereocenters. The summed E-state index contributed by atoms with van der Waals surface area (Å²) in [6, 6.07) is 6.19. The maximum atomic E-state index is 13.0. The molecule has 2 heterocycles. The molecule has 1 aromatic rings. The highest BCUT2D eigenvalue weighted by atomic mass is 32.2. The topological polar surface area (TPSA) is 97.4 Å². The van der Waals surface area contributed by atoms with Crippen molar-refractivity contribution in [2.45, 2.75) is 23.5 Å². The van der Waals surface area contributed by atoms with Gasteiger partial charge in [-0.15, -0.1) is 0 Å². The summed E-state index contributed by atoms with van der Waals surface area (Å²) >= 11 is 0. The standard InChI is InChI=1S/C18H27N3O6S/c1-25-9-3-8-19-18(22)20-10-15-12-21(13-16(11-20)27-15)28(23,24)17-6-4-14(26-2)5-7-17/h4-7,15-16H,3,8-13H2,1-2H3,(H,19,22)/t15-,16+. The molecule has 0 aliphatic carbocycles. The highest BCUT2D eigenvalue weighted by Gasteiger charge is 2.41. The van der Waals surface area contributed by atoms with Gasteiger partial charge >= 0.3 is 6.03 Å². The first-order valence-corrected chi connectivity index (χ1v) is 10.7. The molecule has 1 N–H and O–H groups in total. The summed E-state index contributed by atoms with van der Waals surface area (Å²) < 4.78 is 43.3. The van der Waals surface area contributed by atoms with Gasteiger partial charge in [-0.1, -0.05) is 0 Å². The Bertz CT molecular complexity index is 756. The minimum Gasteiger partial charge on any atom is -0.497 e. The number of hydrogen-bond acceptors (Lipinski definition) is 6. The zero-order valence-electron chi connectivity index (χ0n) is 16.2. The van der Waals surface area contributed by atoms with Gasteiger partial charge in [-0.05, 0) is 30.7 Å². The molecule has 2 saturated heterocycles. The highest BCUT2D eigenvalue weighted by Crippen LogP contribution is 2.26. The molecule has 0 spiro atoms. The molecule has 28 heavy (non-hydrogen) atoms. The second kappa shape index (κ2) is 9.08. The molecule has 0 aromatic heterocycles. The molecule has 2 atom stereocenters. The summed E-state index contributed by atoms with van der Waals surface area (Å²) in [4.78, 5) is 14.2. The average Bonchev–Trinajstić information content (AvgIpc) is 2.70. The van der Waals surface area contributed by atoms with Crippen LogP contribution in [0.25, 0.3) is 0 Å². The van der Waals surface area contributed by atoms with E-state index in [1.807, 2.05) is 0 Å². The van der Waals surface area contributed by atoms with E-state index in [4.69, 9.17) is 14.2 Å². The van der Waals surface area contributed by atoms with Gasteiger partial charge in [0.05, 0.1) is 37.3 Å². The molecule has 2 aliphatic heterocycles. The van der Waals surface area contributed by atoms with Crippen LogP contribution in [0, 0.1) is 0 Å². The van der Waals surface area contributed by atoms with Gasteiger partial charge in [-0.2, -0.15) is 4.31 Å². The van der Waals surface area contributed by atoms with E-state index in [-0.39, 0.29) is 36.2 Å². The van der Waals surface area contributed by atoms with Crippen molar-refractivity contribution in [2.24, 2.45) is 0 Å². The number of ether oxygens (including phenoxy) is 3. The second-order valence-electron chi connectivity index (χ2n) is 6.86. The molecule has 1 aromatic carbocycles. The fourth-order valence-electron chi connectivity index (χ4n) is 3.44. The lowest BCUT2D eigenvalue weighted by Crippen LogP contribution is -2.62. The van der Waals surface area contributed by atoms with Crippen LogP contribution in [0.3, 0.4) is 0 Å². The molecule has 0 radical (unpaired) electrons. The fraction of sp³-hybridized carbons (Fsp3) is 0.611. The molecule has 2 amide bonds. The molecule has 0 saturated carbocycles. The van der Waals surface area contributed by atoms with Gasteiger partial charge < -0.3 is 24.4 Å². The Morgan fingerprint density at radius 2 is 1.79 bits per heavy atom. The van der Waals surface area contributed by atoms with Gasteiger partial charge in [0.25, 0.3) is 0 Å². The first-order chi connectivity index (χ1) is 13.4. The molecule has 2 bridgehead atoms. The molecule has 2 aliphatic rings. The van der Waals surface area contributed by atoms with Crippen LogP contribution in [0.1, 0.15) is 6.42 Å². The smallest absolute Gasteiger partial charge is 0.317 e. The predicted molar refractivity (Wildman–Crippen MR) is 102 cm³/mol. The fourth-order valence-corrected chi connectivity index (χ4v) is 4.94. The number of urea groups is 1. The normalized spacial score (nSPS) is 22.7. The van der Waals surface area contributed by atoms with E-state index in [1.54, 1.807) is 36.3 Å². The summed E-state index contributed by atoms with van der Waals surface area (Å²) in [6.07, 6.45) is 0.0586. The summed E-state index contributed by atoms with van der Waals surface area (Å²) in [5.74, 6) is 0.602. The van der Waals surface area contributed by atoms with E-state index in [2.05, 4.69) is 5.32 Å².